The highest BCUT2D eigenvalue weighted by Gasteiger charge is 1.95. The van der Waals surface area contributed by atoms with Crippen LogP contribution in [0.25, 0.3) is 0 Å². The van der Waals surface area contributed by atoms with Gasteiger partial charge in [-0.25, -0.2) is 0 Å². The lowest BCUT2D eigenvalue weighted by Crippen LogP contribution is -1.84. The number of allylic oxidation sites excluding steroid dienone is 5. The fourth-order valence-electron chi connectivity index (χ4n) is 4.17. The molecule has 0 aromatic heterocycles. The average molecular weight is 415 g/mol. The molecule has 0 atom stereocenters. The molecular weight excluding hydrogens is 360 g/mol. The summed E-state index contributed by atoms with van der Waals surface area (Å²) in [6.45, 7) is 9.20. The maximum atomic E-state index is 6.90. The lowest BCUT2D eigenvalue weighted by atomic mass is 10.0. The quantitative estimate of drug-likeness (QED) is 0.103. The molecule has 0 fully saturated rings. The van der Waals surface area contributed by atoms with Crippen molar-refractivity contribution in [2.75, 3.05) is 0 Å². The third-order valence-electron chi connectivity index (χ3n) is 6.18. The first kappa shape index (κ1) is 29.2. The van der Waals surface area contributed by atoms with Gasteiger partial charge in [-0.15, -0.1) is 0 Å². The molecule has 0 spiro atoms. The minimum absolute atomic E-state index is 1.18. The fourth-order valence-corrected chi connectivity index (χ4v) is 4.17. The topological polar surface area (TPSA) is 0 Å². The van der Waals surface area contributed by atoms with E-state index in [9.17, 15) is 0 Å². The van der Waals surface area contributed by atoms with Crippen LogP contribution in [0, 0.1) is 6.58 Å². The minimum Gasteiger partial charge on any atom is -0.0845 e. The van der Waals surface area contributed by atoms with E-state index in [1.54, 1.807) is 6.08 Å². The Hall–Kier alpha value is -0.780. The Balaban J connectivity index is 3.04. The van der Waals surface area contributed by atoms with Gasteiger partial charge in [0.05, 0.1) is 0 Å². The predicted molar refractivity (Wildman–Crippen MR) is 138 cm³/mol. The van der Waals surface area contributed by atoms with E-state index in [0.29, 0.717) is 0 Å². The highest BCUT2D eigenvalue weighted by Crippen LogP contribution is 2.15. The molecule has 0 N–H and O–H groups in total. The van der Waals surface area contributed by atoms with Gasteiger partial charge in [0.2, 0.25) is 0 Å². The van der Waals surface area contributed by atoms with Crippen LogP contribution >= 0.6 is 0 Å². The van der Waals surface area contributed by atoms with E-state index in [1.165, 1.54) is 154 Å². The van der Waals surface area contributed by atoms with Crippen molar-refractivity contribution in [3.63, 3.8) is 0 Å². The van der Waals surface area contributed by atoms with Crippen LogP contribution in [-0.4, -0.2) is 0 Å². The van der Waals surface area contributed by atoms with Crippen molar-refractivity contribution in [2.24, 2.45) is 0 Å². The molecule has 174 valence electrons. The van der Waals surface area contributed by atoms with Gasteiger partial charge in [-0.05, 0) is 19.4 Å². The molecule has 0 aromatic rings. The Morgan fingerprint density at radius 3 is 1.07 bits per heavy atom. The van der Waals surface area contributed by atoms with Gasteiger partial charge in [-0.3, -0.25) is 0 Å². The first-order valence-corrected chi connectivity index (χ1v) is 13.7. The van der Waals surface area contributed by atoms with Crippen molar-refractivity contribution in [3.8, 4) is 0 Å². The molecule has 0 rings (SSSR count). The molecule has 0 saturated heterocycles. The lowest BCUT2D eigenvalue weighted by Gasteiger charge is -2.04. The average Bonchev–Trinajstić information content (AvgIpc) is 2.76. The second kappa shape index (κ2) is 28.2. The smallest absolute Gasteiger partial charge is 0.00990 e. The fraction of sp³-hybridized carbons (Fsp3) is 0.800. The molecule has 0 saturated carbocycles. The maximum absolute atomic E-state index is 6.90. The van der Waals surface area contributed by atoms with Crippen LogP contribution in [0.1, 0.15) is 155 Å². The molecule has 0 amide bonds. The lowest BCUT2D eigenvalue weighted by molar-refractivity contribution is 0.519. The molecule has 0 nitrogen and oxygen atoms in total. The molecule has 0 aromatic carbocycles. The summed E-state index contributed by atoms with van der Waals surface area (Å²) in [6, 6.07) is 0. The Labute approximate surface area is 191 Å². The highest BCUT2D eigenvalue weighted by molar-refractivity contribution is 5.07. The maximum Gasteiger partial charge on any atom is -0.00990 e. The summed E-state index contributed by atoms with van der Waals surface area (Å²) in [4.78, 5) is 0. The minimum atomic E-state index is 1.18. The van der Waals surface area contributed by atoms with E-state index in [2.05, 4.69) is 19.1 Å². The van der Waals surface area contributed by atoms with E-state index >= 15 is 0 Å². The van der Waals surface area contributed by atoms with Crippen LogP contribution in [0.4, 0.5) is 0 Å². The SMILES string of the molecule is [C]=CC=CC=CCCCCCCCCCCCCCCCCCCCCCCCC. The van der Waals surface area contributed by atoms with Crippen LogP contribution in [0.5, 0.6) is 0 Å². The molecular formula is C30H54. The van der Waals surface area contributed by atoms with Crippen molar-refractivity contribution >= 4 is 0 Å². The molecule has 0 aliphatic heterocycles. The van der Waals surface area contributed by atoms with Gasteiger partial charge in [0.15, 0.2) is 0 Å². The van der Waals surface area contributed by atoms with E-state index in [4.69, 9.17) is 6.58 Å². The zero-order valence-corrected chi connectivity index (χ0v) is 20.7. The first-order valence-electron chi connectivity index (χ1n) is 13.7. The third kappa shape index (κ3) is 27.2. The van der Waals surface area contributed by atoms with Crippen molar-refractivity contribution in [1.82, 2.24) is 0 Å². The predicted octanol–water partition coefficient (Wildman–Crippen LogP) is 11.0. The Morgan fingerprint density at radius 1 is 0.400 bits per heavy atom. The Bertz CT molecular complexity index is 362. The van der Waals surface area contributed by atoms with Gasteiger partial charge in [0.1, 0.15) is 0 Å². The van der Waals surface area contributed by atoms with E-state index in [1.807, 2.05) is 6.08 Å². The summed E-state index contributed by atoms with van der Waals surface area (Å²) in [7, 11) is 0. The molecule has 2 radical (unpaired) electrons. The first-order chi connectivity index (χ1) is 14.9. The van der Waals surface area contributed by atoms with Crippen molar-refractivity contribution in [3.05, 3.63) is 37.0 Å². The molecule has 0 aliphatic rings. The summed E-state index contributed by atoms with van der Waals surface area (Å²) in [6.07, 6.45) is 42.3. The molecule has 0 bridgehead atoms. The molecule has 30 heavy (non-hydrogen) atoms. The Kier molecular flexibility index (Phi) is 27.5. The van der Waals surface area contributed by atoms with Crippen LogP contribution < -0.4 is 0 Å². The second-order valence-corrected chi connectivity index (χ2v) is 9.19. The summed E-state index contributed by atoms with van der Waals surface area (Å²) >= 11 is 0. The van der Waals surface area contributed by atoms with Gasteiger partial charge < -0.3 is 0 Å². The normalized spacial score (nSPS) is 11.8. The van der Waals surface area contributed by atoms with Crippen LogP contribution in [0.2, 0.25) is 0 Å². The van der Waals surface area contributed by atoms with Gasteiger partial charge in [0, 0.05) is 0 Å². The summed E-state index contributed by atoms with van der Waals surface area (Å²) in [5.74, 6) is 0. The van der Waals surface area contributed by atoms with E-state index in [0.717, 1.165) is 0 Å². The largest absolute Gasteiger partial charge is 0.0845 e. The standard InChI is InChI=1S/C30H54/c1-3-5-7-9-11-13-15-17-19-21-23-25-27-29-30-28-26-24-22-20-18-16-14-12-10-8-6-4-2/h4,6,8,10,12H,3,5,7,9,11,13-30H2,1H3. The van der Waals surface area contributed by atoms with Crippen molar-refractivity contribution in [1.29, 1.82) is 0 Å². The van der Waals surface area contributed by atoms with Crippen LogP contribution in [-0.2, 0) is 0 Å². The van der Waals surface area contributed by atoms with Gasteiger partial charge in [-0.2, -0.15) is 0 Å². The van der Waals surface area contributed by atoms with Crippen LogP contribution in [0.3, 0.4) is 0 Å². The summed E-state index contributed by atoms with van der Waals surface area (Å²) in [5.41, 5.74) is 0. The zero-order valence-electron chi connectivity index (χ0n) is 20.7. The van der Waals surface area contributed by atoms with Crippen LogP contribution in [0.15, 0.2) is 30.4 Å². The van der Waals surface area contributed by atoms with E-state index < -0.39 is 0 Å². The number of hydrogen-bond donors (Lipinski definition) is 0. The monoisotopic (exact) mass is 414 g/mol. The third-order valence-corrected chi connectivity index (χ3v) is 6.18. The van der Waals surface area contributed by atoms with Gasteiger partial charge >= 0.3 is 0 Å². The van der Waals surface area contributed by atoms with E-state index in [-0.39, 0.29) is 0 Å². The highest BCUT2D eigenvalue weighted by atomic mass is 14.0. The van der Waals surface area contributed by atoms with Gasteiger partial charge in [-0.1, -0.05) is 172 Å². The van der Waals surface area contributed by atoms with Crippen molar-refractivity contribution < 1.29 is 0 Å². The molecule has 0 heterocycles. The van der Waals surface area contributed by atoms with Gasteiger partial charge in [0.25, 0.3) is 0 Å². The molecule has 0 aliphatic carbocycles. The Morgan fingerprint density at radius 2 is 0.733 bits per heavy atom. The summed E-state index contributed by atoms with van der Waals surface area (Å²) < 4.78 is 0. The molecule has 0 unspecified atom stereocenters. The molecule has 0 heteroatoms. The zero-order chi connectivity index (χ0) is 21.8. The summed E-state index contributed by atoms with van der Waals surface area (Å²) in [5, 5.41) is 0. The number of rotatable bonds is 25. The second-order valence-electron chi connectivity index (χ2n) is 9.19. The number of unbranched alkanes of at least 4 members (excludes halogenated alkanes) is 22. The van der Waals surface area contributed by atoms with Crippen molar-refractivity contribution in [2.45, 2.75) is 155 Å². The number of hydrogen-bond acceptors (Lipinski definition) is 0.